The minimum Gasteiger partial charge on any atom is -0.393 e. The zero-order valence-electron chi connectivity index (χ0n) is 24.3. The van der Waals surface area contributed by atoms with Crippen LogP contribution in [0.25, 0.3) is 0 Å². The van der Waals surface area contributed by atoms with Crippen molar-refractivity contribution in [3.63, 3.8) is 0 Å². The third-order valence-electron chi connectivity index (χ3n) is 9.89. The minimum absolute atomic E-state index is 0.0902. The maximum Gasteiger partial charge on any atom is 0.163 e. The Bertz CT molecular complexity index is 942. The van der Waals surface area contributed by atoms with Crippen LogP contribution in [0.1, 0.15) is 112 Å². The lowest BCUT2D eigenvalue weighted by Crippen LogP contribution is -2.37. The molecule has 6 nitrogen and oxygen atoms in total. The quantitative estimate of drug-likeness (QED) is 0.262. The number of rotatable bonds is 11. The van der Waals surface area contributed by atoms with Gasteiger partial charge in [0.15, 0.2) is 11.3 Å². The van der Waals surface area contributed by atoms with Gasteiger partial charge in [-0.1, -0.05) is 49.2 Å². The van der Waals surface area contributed by atoms with Crippen LogP contribution in [-0.4, -0.2) is 44.5 Å². The van der Waals surface area contributed by atoms with Crippen LogP contribution >= 0.6 is 0 Å². The summed E-state index contributed by atoms with van der Waals surface area (Å²) in [5.41, 5.74) is 1.38. The standard InChI is InChI=1S/C32H51NO5/c1-21-24(19-25(34)20-28(21)35)12-11-22-10-8-18-32(6)26(22)14-15-27(32)23(9-7-17-30(2,3)37)13-16-29(36)31(4,5)33-38/h11-12,23,25-28,34-35,37H,1,7-10,13-20H2,2-6H3/b22-11+,24-12-/t23-,25+,26-,27+,28-,32-/m0/s1. The van der Waals surface area contributed by atoms with Gasteiger partial charge in [0.2, 0.25) is 0 Å². The molecule has 0 heterocycles. The number of carbonyl (C=O) groups excluding carboxylic acids is 1. The van der Waals surface area contributed by atoms with Gasteiger partial charge in [-0.15, -0.1) is 4.91 Å². The van der Waals surface area contributed by atoms with Gasteiger partial charge in [-0.3, -0.25) is 4.79 Å². The molecule has 0 saturated heterocycles. The summed E-state index contributed by atoms with van der Waals surface area (Å²) in [5.74, 6) is 1.23. The first-order valence-electron chi connectivity index (χ1n) is 14.7. The van der Waals surface area contributed by atoms with E-state index >= 15 is 0 Å². The van der Waals surface area contributed by atoms with Crippen LogP contribution in [0.4, 0.5) is 0 Å². The van der Waals surface area contributed by atoms with E-state index in [-0.39, 0.29) is 11.2 Å². The van der Waals surface area contributed by atoms with Crippen LogP contribution in [0.15, 0.2) is 40.6 Å². The molecule has 0 unspecified atom stereocenters. The van der Waals surface area contributed by atoms with Crippen LogP contribution in [0, 0.1) is 28.1 Å². The van der Waals surface area contributed by atoms with Crippen molar-refractivity contribution in [3.05, 3.63) is 40.4 Å². The van der Waals surface area contributed by atoms with E-state index in [0.717, 1.165) is 68.9 Å². The van der Waals surface area contributed by atoms with Gasteiger partial charge >= 0.3 is 0 Å². The molecule has 3 saturated carbocycles. The molecule has 214 valence electrons. The van der Waals surface area contributed by atoms with Crippen LogP contribution in [-0.2, 0) is 4.79 Å². The zero-order valence-corrected chi connectivity index (χ0v) is 24.3. The van der Waals surface area contributed by atoms with E-state index in [0.29, 0.717) is 37.0 Å². The second-order valence-corrected chi connectivity index (χ2v) is 13.7. The number of ketones is 1. The van der Waals surface area contributed by atoms with E-state index in [1.165, 1.54) is 5.57 Å². The van der Waals surface area contributed by atoms with Gasteiger partial charge in [-0.05, 0) is 113 Å². The summed E-state index contributed by atoms with van der Waals surface area (Å²) in [7, 11) is 0. The monoisotopic (exact) mass is 529 g/mol. The van der Waals surface area contributed by atoms with Gasteiger partial charge in [0.05, 0.1) is 17.8 Å². The molecule has 6 heteroatoms. The van der Waals surface area contributed by atoms with E-state index in [9.17, 15) is 25.0 Å². The molecule has 3 fully saturated rings. The smallest absolute Gasteiger partial charge is 0.163 e. The lowest BCUT2D eigenvalue weighted by atomic mass is 9.60. The molecular formula is C32H51NO5. The highest BCUT2D eigenvalue weighted by molar-refractivity contribution is 5.87. The lowest BCUT2D eigenvalue weighted by Gasteiger charge is -2.45. The van der Waals surface area contributed by atoms with Gasteiger partial charge in [0.25, 0.3) is 0 Å². The first-order chi connectivity index (χ1) is 17.7. The second kappa shape index (κ2) is 12.3. The lowest BCUT2D eigenvalue weighted by molar-refractivity contribution is -0.123. The van der Waals surface area contributed by atoms with Gasteiger partial charge in [-0.2, -0.15) is 0 Å². The van der Waals surface area contributed by atoms with Crippen molar-refractivity contribution in [2.45, 2.75) is 135 Å². The number of hydrogen-bond donors (Lipinski definition) is 3. The summed E-state index contributed by atoms with van der Waals surface area (Å²) >= 11 is 0. The Hall–Kier alpha value is -1.63. The normalized spacial score (nSPS) is 33.4. The van der Waals surface area contributed by atoms with Crippen LogP contribution < -0.4 is 0 Å². The molecule has 6 atom stereocenters. The highest BCUT2D eigenvalue weighted by Crippen LogP contribution is 2.60. The molecule has 0 aromatic carbocycles. The number of carbonyl (C=O) groups is 1. The number of aliphatic hydroxyl groups is 3. The third-order valence-corrected chi connectivity index (χ3v) is 9.89. The number of fused-ring (bicyclic) bond motifs is 1. The van der Waals surface area contributed by atoms with Gasteiger partial charge in [0, 0.05) is 12.8 Å². The van der Waals surface area contributed by atoms with Gasteiger partial charge in [0.1, 0.15) is 0 Å². The first-order valence-corrected chi connectivity index (χ1v) is 14.7. The van der Waals surface area contributed by atoms with Crippen molar-refractivity contribution in [2.24, 2.45) is 28.3 Å². The van der Waals surface area contributed by atoms with Crippen molar-refractivity contribution in [2.75, 3.05) is 0 Å². The SMILES string of the molecule is C=C1/C(=C\C=C2/CCC[C@]3(C)[C@@H]([C@@H](CCCC(C)(C)O)CCC(=O)C(C)(C)N=O)CC[C@@H]23)C[C@@H](O)C[C@@H]1O. The molecular weight excluding hydrogens is 478 g/mol. The van der Waals surface area contributed by atoms with Crippen LogP contribution in [0.5, 0.6) is 0 Å². The first kappa shape index (κ1) is 30.9. The Morgan fingerprint density at radius 2 is 1.89 bits per heavy atom. The molecule has 0 bridgehead atoms. The summed E-state index contributed by atoms with van der Waals surface area (Å²) < 4.78 is 0. The van der Waals surface area contributed by atoms with Crippen molar-refractivity contribution in [3.8, 4) is 0 Å². The molecule has 3 N–H and O–H groups in total. The van der Waals surface area contributed by atoms with E-state index in [4.69, 9.17) is 0 Å². The van der Waals surface area contributed by atoms with Crippen molar-refractivity contribution in [1.29, 1.82) is 0 Å². The Labute approximate surface area is 229 Å². The fourth-order valence-corrected chi connectivity index (χ4v) is 7.54. The van der Waals surface area contributed by atoms with Crippen LogP contribution in [0.2, 0.25) is 0 Å². The largest absolute Gasteiger partial charge is 0.393 e. The van der Waals surface area contributed by atoms with Gasteiger partial charge in [-0.25, -0.2) is 0 Å². The molecule has 0 amide bonds. The highest BCUT2D eigenvalue weighted by Gasteiger charge is 2.51. The molecule has 0 aliphatic heterocycles. The predicted octanol–water partition coefficient (Wildman–Crippen LogP) is 6.58. The summed E-state index contributed by atoms with van der Waals surface area (Å²) in [5, 5.41) is 33.7. The molecule has 3 rings (SSSR count). The third kappa shape index (κ3) is 7.31. The zero-order chi connectivity index (χ0) is 28.3. The Morgan fingerprint density at radius 3 is 2.55 bits per heavy atom. The fourth-order valence-electron chi connectivity index (χ4n) is 7.54. The molecule has 0 spiro atoms. The Kier molecular flexibility index (Phi) is 9.97. The van der Waals surface area contributed by atoms with Crippen molar-refractivity contribution >= 4 is 5.78 Å². The molecule has 3 aliphatic rings. The number of aliphatic hydroxyl groups excluding tert-OH is 2. The highest BCUT2D eigenvalue weighted by atomic mass is 16.3. The van der Waals surface area contributed by atoms with E-state index in [1.54, 1.807) is 13.8 Å². The molecule has 0 radical (unpaired) electrons. The van der Waals surface area contributed by atoms with Crippen LogP contribution in [0.3, 0.4) is 0 Å². The molecule has 38 heavy (non-hydrogen) atoms. The number of allylic oxidation sites excluding steroid dienone is 3. The number of nitrogens with zero attached hydrogens (tertiary/aromatic N) is 1. The second-order valence-electron chi connectivity index (χ2n) is 13.7. The van der Waals surface area contributed by atoms with E-state index in [2.05, 4.69) is 30.8 Å². The Morgan fingerprint density at radius 1 is 1.18 bits per heavy atom. The number of nitroso groups, excluding NO2 is 1. The number of hydrogen-bond acceptors (Lipinski definition) is 6. The summed E-state index contributed by atoms with van der Waals surface area (Å²) in [6.45, 7) is 13.4. The molecule has 0 aromatic heterocycles. The molecule has 3 aliphatic carbocycles. The topological polar surface area (TPSA) is 107 Å². The predicted molar refractivity (Wildman–Crippen MR) is 152 cm³/mol. The summed E-state index contributed by atoms with van der Waals surface area (Å²) in [6, 6.07) is 0. The fraction of sp³-hybridized carbons (Fsp3) is 0.781. The molecule has 0 aromatic rings. The maximum atomic E-state index is 12.8. The number of Topliss-reactive ketones (excluding diaryl/α,β-unsaturated/α-hetero) is 1. The average Bonchev–Trinajstić information content (AvgIpc) is 3.19. The van der Waals surface area contributed by atoms with Crippen molar-refractivity contribution in [1.82, 2.24) is 0 Å². The summed E-state index contributed by atoms with van der Waals surface area (Å²) in [4.78, 5) is 24.0. The van der Waals surface area contributed by atoms with E-state index < -0.39 is 23.3 Å². The average molecular weight is 530 g/mol. The summed E-state index contributed by atoms with van der Waals surface area (Å²) in [6.07, 6.45) is 13.3. The minimum atomic E-state index is -1.18. The Balaban J connectivity index is 1.80. The van der Waals surface area contributed by atoms with Gasteiger partial charge < -0.3 is 15.3 Å². The van der Waals surface area contributed by atoms with Crippen molar-refractivity contribution < 1.29 is 20.1 Å². The van der Waals surface area contributed by atoms with E-state index in [1.807, 2.05) is 13.8 Å². The maximum absolute atomic E-state index is 12.8.